The quantitative estimate of drug-likeness (QED) is 0.623. The minimum absolute atomic E-state index is 0.421. The standard InChI is InChI=1S/C10H7ClINO/c11-5-8-6-13-14-10(8)7-1-3-9(12)4-2-7/h1-4,6H,5H2. The third-order valence-electron chi connectivity index (χ3n) is 1.89. The Morgan fingerprint density at radius 2 is 2.00 bits per heavy atom. The van der Waals surface area contributed by atoms with Crippen molar-refractivity contribution in [2.45, 2.75) is 5.88 Å². The molecule has 0 fully saturated rings. The predicted octanol–water partition coefficient (Wildman–Crippen LogP) is 3.69. The van der Waals surface area contributed by atoms with Gasteiger partial charge in [0.2, 0.25) is 0 Å². The molecule has 4 heteroatoms. The minimum Gasteiger partial charge on any atom is -0.356 e. The van der Waals surface area contributed by atoms with Gasteiger partial charge in [0.05, 0.1) is 12.1 Å². The van der Waals surface area contributed by atoms with Crippen LogP contribution in [0.5, 0.6) is 0 Å². The van der Waals surface area contributed by atoms with Crippen molar-refractivity contribution < 1.29 is 4.52 Å². The molecule has 1 aromatic heterocycles. The molecule has 0 aliphatic rings. The van der Waals surface area contributed by atoms with Crippen LogP contribution in [-0.4, -0.2) is 5.16 Å². The van der Waals surface area contributed by atoms with Gasteiger partial charge in [0.25, 0.3) is 0 Å². The van der Waals surface area contributed by atoms with Crippen molar-refractivity contribution in [2.75, 3.05) is 0 Å². The van der Waals surface area contributed by atoms with Crippen LogP contribution in [0.15, 0.2) is 35.0 Å². The van der Waals surface area contributed by atoms with Gasteiger partial charge in [0.15, 0.2) is 5.76 Å². The number of hydrogen-bond donors (Lipinski definition) is 0. The monoisotopic (exact) mass is 319 g/mol. The summed E-state index contributed by atoms with van der Waals surface area (Å²) < 4.78 is 6.34. The van der Waals surface area contributed by atoms with E-state index in [4.69, 9.17) is 16.1 Å². The lowest BCUT2D eigenvalue weighted by molar-refractivity contribution is 0.432. The third kappa shape index (κ3) is 1.93. The first-order valence-electron chi connectivity index (χ1n) is 4.06. The predicted molar refractivity (Wildman–Crippen MR) is 64.2 cm³/mol. The average Bonchev–Trinajstić information content (AvgIpc) is 2.67. The second-order valence-corrected chi connectivity index (χ2v) is 4.33. The van der Waals surface area contributed by atoms with Gasteiger partial charge in [-0.05, 0) is 34.7 Å². The van der Waals surface area contributed by atoms with Gasteiger partial charge in [0.1, 0.15) is 0 Å². The molecule has 2 rings (SSSR count). The van der Waals surface area contributed by atoms with Gasteiger partial charge in [-0.1, -0.05) is 17.3 Å². The summed E-state index contributed by atoms with van der Waals surface area (Å²) in [7, 11) is 0. The zero-order valence-corrected chi connectivity index (χ0v) is 10.1. The topological polar surface area (TPSA) is 26.0 Å². The zero-order chi connectivity index (χ0) is 9.97. The summed E-state index contributed by atoms with van der Waals surface area (Å²) in [5.74, 6) is 1.18. The largest absolute Gasteiger partial charge is 0.356 e. The van der Waals surface area contributed by atoms with Crippen LogP contribution in [0.25, 0.3) is 11.3 Å². The van der Waals surface area contributed by atoms with E-state index >= 15 is 0 Å². The van der Waals surface area contributed by atoms with Crippen molar-refractivity contribution in [3.8, 4) is 11.3 Å². The van der Waals surface area contributed by atoms with Crippen LogP contribution in [0.2, 0.25) is 0 Å². The first-order chi connectivity index (χ1) is 6.81. The number of nitrogens with zero attached hydrogens (tertiary/aromatic N) is 1. The molecule has 2 nitrogen and oxygen atoms in total. The minimum atomic E-state index is 0.421. The summed E-state index contributed by atoms with van der Waals surface area (Å²) in [6, 6.07) is 8.05. The van der Waals surface area contributed by atoms with Gasteiger partial charge in [0, 0.05) is 14.7 Å². The molecule has 1 aromatic carbocycles. The maximum absolute atomic E-state index is 5.75. The summed E-state index contributed by atoms with van der Waals surface area (Å²) in [5, 5.41) is 3.73. The lowest BCUT2D eigenvalue weighted by Gasteiger charge is -1.97. The first-order valence-corrected chi connectivity index (χ1v) is 5.68. The molecule has 0 amide bonds. The smallest absolute Gasteiger partial charge is 0.171 e. The Kier molecular flexibility index (Phi) is 3.08. The van der Waals surface area contributed by atoms with Crippen molar-refractivity contribution in [3.05, 3.63) is 39.6 Å². The van der Waals surface area contributed by atoms with Crippen molar-refractivity contribution in [1.82, 2.24) is 5.16 Å². The van der Waals surface area contributed by atoms with E-state index in [1.165, 1.54) is 3.57 Å². The molecule has 0 bridgehead atoms. The maximum atomic E-state index is 5.75. The molecule has 2 aromatic rings. The zero-order valence-electron chi connectivity index (χ0n) is 7.21. The lowest BCUT2D eigenvalue weighted by atomic mass is 10.1. The van der Waals surface area contributed by atoms with E-state index in [2.05, 4.69) is 27.7 Å². The molecule has 0 spiro atoms. The van der Waals surface area contributed by atoms with E-state index in [0.29, 0.717) is 5.88 Å². The Balaban J connectivity index is 2.44. The highest BCUT2D eigenvalue weighted by Gasteiger charge is 2.08. The summed E-state index contributed by atoms with van der Waals surface area (Å²) in [5.41, 5.74) is 1.94. The Morgan fingerprint density at radius 1 is 1.29 bits per heavy atom. The average molecular weight is 320 g/mol. The highest BCUT2D eigenvalue weighted by molar-refractivity contribution is 14.1. The van der Waals surface area contributed by atoms with E-state index in [1.54, 1.807) is 6.20 Å². The number of benzene rings is 1. The fourth-order valence-corrected chi connectivity index (χ4v) is 1.74. The maximum Gasteiger partial charge on any atom is 0.171 e. The fourth-order valence-electron chi connectivity index (χ4n) is 1.19. The number of rotatable bonds is 2. The fraction of sp³-hybridized carbons (Fsp3) is 0.100. The van der Waals surface area contributed by atoms with Crippen LogP contribution in [0.4, 0.5) is 0 Å². The van der Waals surface area contributed by atoms with E-state index in [1.807, 2.05) is 24.3 Å². The highest BCUT2D eigenvalue weighted by Crippen LogP contribution is 2.25. The summed E-state index contributed by atoms with van der Waals surface area (Å²) >= 11 is 8.01. The molecule has 1 heterocycles. The van der Waals surface area contributed by atoms with Crippen LogP contribution in [0.1, 0.15) is 5.56 Å². The van der Waals surface area contributed by atoms with Crippen molar-refractivity contribution in [2.24, 2.45) is 0 Å². The van der Waals surface area contributed by atoms with Gasteiger partial charge in [-0.2, -0.15) is 0 Å². The number of aromatic nitrogens is 1. The number of hydrogen-bond acceptors (Lipinski definition) is 2. The summed E-state index contributed by atoms with van der Waals surface area (Å²) in [6.45, 7) is 0. The molecule has 0 aliphatic carbocycles. The highest BCUT2D eigenvalue weighted by atomic mass is 127. The molecule has 14 heavy (non-hydrogen) atoms. The molecule has 0 saturated carbocycles. The van der Waals surface area contributed by atoms with Crippen molar-refractivity contribution in [3.63, 3.8) is 0 Å². The van der Waals surface area contributed by atoms with Crippen LogP contribution < -0.4 is 0 Å². The van der Waals surface area contributed by atoms with E-state index in [0.717, 1.165) is 16.9 Å². The van der Waals surface area contributed by atoms with Crippen LogP contribution in [0.3, 0.4) is 0 Å². The van der Waals surface area contributed by atoms with Crippen LogP contribution >= 0.6 is 34.2 Å². The summed E-state index contributed by atoms with van der Waals surface area (Å²) in [6.07, 6.45) is 1.65. The normalized spacial score (nSPS) is 10.4. The Bertz CT molecular complexity index is 424. The molecular formula is C10H7ClINO. The van der Waals surface area contributed by atoms with Gasteiger partial charge in [-0.25, -0.2) is 0 Å². The molecule has 0 unspecified atom stereocenters. The molecular weight excluding hydrogens is 312 g/mol. The summed E-state index contributed by atoms with van der Waals surface area (Å²) in [4.78, 5) is 0. The SMILES string of the molecule is ClCc1cnoc1-c1ccc(I)cc1. The van der Waals surface area contributed by atoms with Gasteiger partial charge in [-0.15, -0.1) is 11.6 Å². The van der Waals surface area contributed by atoms with Crippen molar-refractivity contribution in [1.29, 1.82) is 0 Å². The van der Waals surface area contributed by atoms with Gasteiger partial charge >= 0.3 is 0 Å². The third-order valence-corrected chi connectivity index (χ3v) is 2.90. The van der Waals surface area contributed by atoms with E-state index in [-0.39, 0.29) is 0 Å². The lowest BCUT2D eigenvalue weighted by Crippen LogP contribution is -1.80. The van der Waals surface area contributed by atoms with Gasteiger partial charge < -0.3 is 4.52 Å². The van der Waals surface area contributed by atoms with E-state index in [9.17, 15) is 0 Å². The second kappa shape index (κ2) is 4.31. The Hall–Kier alpha value is -0.550. The first kappa shape index (κ1) is 9.98. The molecule has 0 saturated heterocycles. The second-order valence-electron chi connectivity index (χ2n) is 2.82. The van der Waals surface area contributed by atoms with Crippen LogP contribution in [-0.2, 0) is 5.88 Å². The molecule has 0 N–H and O–H groups in total. The van der Waals surface area contributed by atoms with E-state index < -0.39 is 0 Å². The molecule has 0 aliphatic heterocycles. The molecule has 0 atom stereocenters. The molecule has 72 valence electrons. The number of halogens is 2. The van der Waals surface area contributed by atoms with Crippen LogP contribution in [0, 0.1) is 3.57 Å². The van der Waals surface area contributed by atoms with Crippen molar-refractivity contribution >= 4 is 34.2 Å². The number of alkyl halides is 1. The Morgan fingerprint density at radius 3 is 2.64 bits per heavy atom. The molecule has 0 radical (unpaired) electrons. The van der Waals surface area contributed by atoms with Gasteiger partial charge in [-0.3, -0.25) is 0 Å². The Labute approximate surface area is 100 Å².